The fourth-order valence-electron chi connectivity index (χ4n) is 1.92. The highest BCUT2D eigenvalue weighted by Crippen LogP contribution is 2.14. The van der Waals surface area contributed by atoms with E-state index >= 15 is 0 Å². The number of aromatic nitrogens is 2. The van der Waals surface area contributed by atoms with Crippen LogP contribution in [0.2, 0.25) is 0 Å². The van der Waals surface area contributed by atoms with Gasteiger partial charge in [0.15, 0.2) is 5.78 Å². The third-order valence-electron chi connectivity index (χ3n) is 2.97. The van der Waals surface area contributed by atoms with E-state index in [0.29, 0.717) is 25.6 Å². The second kappa shape index (κ2) is 7.82. The molecule has 0 saturated carbocycles. The molecule has 18 heavy (non-hydrogen) atoms. The van der Waals surface area contributed by atoms with E-state index in [2.05, 4.69) is 30.8 Å². The van der Waals surface area contributed by atoms with Crippen LogP contribution in [-0.2, 0) is 11.2 Å². The van der Waals surface area contributed by atoms with Gasteiger partial charge in [0.1, 0.15) is 0 Å². The van der Waals surface area contributed by atoms with Crippen molar-refractivity contribution in [3.8, 4) is 0 Å². The van der Waals surface area contributed by atoms with Crippen molar-refractivity contribution in [1.82, 2.24) is 15.1 Å². The summed E-state index contributed by atoms with van der Waals surface area (Å²) in [6, 6.07) is 2.37. The van der Waals surface area contributed by atoms with Crippen molar-refractivity contribution in [2.24, 2.45) is 0 Å². The zero-order chi connectivity index (χ0) is 13.4. The number of hydrogen-bond acceptors (Lipinski definition) is 3. The second-order valence-electron chi connectivity index (χ2n) is 4.39. The highest BCUT2D eigenvalue weighted by molar-refractivity contribution is 5.82. The molecular formula is C14H23N3O. The predicted molar refractivity (Wildman–Crippen MR) is 73.6 cm³/mol. The Morgan fingerprint density at radius 2 is 2.28 bits per heavy atom. The van der Waals surface area contributed by atoms with Crippen LogP contribution in [0.1, 0.15) is 38.4 Å². The molecule has 0 aliphatic carbocycles. The maximum Gasteiger partial charge on any atom is 0.152 e. The molecule has 0 aliphatic heterocycles. The Kier molecular flexibility index (Phi) is 6.36. The van der Waals surface area contributed by atoms with Gasteiger partial charge in [0, 0.05) is 12.7 Å². The number of Topliss-reactive ketones (excluding diaryl/α,β-unsaturated/α-hetero) is 1. The molecule has 0 amide bonds. The molecule has 0 aromatic carbocycles. The molecular weight excluding hydrogens is 226 g/mol. The van der Waals surface area contributed by atoms with Gasteiger partial charge < -0.3 is 5.32 Å². The van der Waals surface area contributed by atoms with Crippen molar-refractivity contribution in [3.63, 3.8) is 0 Å². The van der Waals surface area contributed by atoms with Crippen molar-refractivity contribution in [2.75, 3.05) is 13.1 Å². The first-order valence-corrected chi connectivity index (χ1v) is 6.58. The van der Waals surface area contributed by atoms with Gasteiger partial charge in [-0.1, -0.05) is 19.9 Å². The van der Waals surface area contributed by atoms with Crippen LogP contribution in [0.4, 0.5) is 0 Å². The molecule has 1 aromatic rings. The number of carbonyl (C=O) groups is 1. The minimum absolute atomic E-state index is 0.159. The van der Waals surface area contributed by atoms with E-state index in [4.69, 9.17) is 0 Å². The molecule has 1 heterocycles. The Labute approximate surface area is 109 Å². The maximum atomic E-state index is 11.7. The van der Waals surface area contributed by atoms with Crippen LogP contribution in [0.5, 0.6) is 0 Å². The Bertz CT molecular complexity index is 380. The molecule has 0 fully saturated rings. The number of carbonyl (C=O) groups excluding carboxylic acids is 1. The van der Waals surface area contributed by atoms with E-state index in [1.165, 1.54) is 0 Å². The lowest BCUT2D eigenvalue weighted by molar-refractivity contribution is -0.117. The third kappa shape index (κ3) is 4.45. The van der Waals surface area contributed by atoms with E-state index < -0.39 is 0 Å². The Balaban J connectivity index is 2.48. The molecule has 0 atom stereocenters. The third-order valence-corrected chi connectivity index (χ3v) is 2.97. The van der Waals surface area contributed by atoms with Gasteiger partial charge in [0.05, 0.1) is 24.7 Å². The minimum Gasteiger partial charge on any atom is -0.307 e. The summed E-state index contributed by atoms with van der Waals surface area (Å²) >= 11 is 0. The van der Waals surface area contributed by atoms with Crippen molar-refractivity contribution >= 4 is 5.78 Å². The van der Waals surface area contributed by atoms with Gasteiger partial charge >= 0.3 is 0 Å². The van der Waals surface area contributed by atoms with Gasteiger partial charge in [-0.3, -0.25) is 9.48 Å². The van der Waals surface area contributed by atoms with Crippen molar-refractivity contribution in [3.05, 3.63) is 30.6 Å². The summed E-state index contributed by atoms with van der Waals surface area (Å²) in [6.07, 6.45) is 6.24. The molecule has 1 rings (SSSR count). The highest BCUT2D eigenvalue weighted by atomic mass is 16.1. The fourth-order valence-corrected chi connectivity index (χ4v) is 1.92. The molecule has 0 saturated heterocycles. The smallest absolute Gasteiger partial charge is 0.152 e. The van der Waals surface area contributed by atoms with Crippen LogP contribution in [0.3, 0.4) is 0 Å². The van der Waals surface area contributed by atoms with Crippen molar-refractivity contribution < 1.29 is 4.79 Å². The first kappa shape index (κ1) is 14.6. The molecule has 0 unspecified atom stereocenters. The normalized spacial score (nSPS) is 10.8. The lowest BCUT2D eigenvalue weighted by Crippen LogP contribution is -2.24. The van der Waals surface area contributed by atoms with Gasteiger partial charge in [-0.15, -0.1) is 6.58 Å². The maximum absolute atomic E-state index is 11.7. The van der Waals surface area contributed by atoms with Gasteiger partial charge in [-0.2, -0.15) is 5.10 Å². The Morgan fingerprint density at radius 1 is 1.56 bits per heavy atom. The van der Waals surface area contributed by atoms with Crippen LogP contribution in [0, 0.1) is 0 Å². The zero-order valence-corrected chi connectivity index (χ0v) is 11.4. The van der Waals surface area contributed by atoms with Crippen LogP contribution in [-0.4, -0.2) is 28.7 Å². The summed E-state index contributed by atoms with van der Waals surface area (Å²) in [5.41, 5.74) is 0.854. The van der Waals surface area contributed by atoms with Crippen molar-refractivity contribution in [1.29, 1.82) is 0 Å². The van der Waals surface area contributed by atoms with Crippen LogP contribution in [0.15, 0.2) is 24.9 Å². The number of hydrogen-bond donors (Lipinski definition) is 1. The molecule has 1 aromatic heterocycles. The van der Waals surface area contributed by atoms with E-state index in [-0.39, 0.29) is 5.78 Å². The number of nitrogens with zero attached hydrogens (tertiary/aromatic N) is 2. The van der Waals surface area contributed by atoms with Crippen LogP contribution < -0.4 is 5.32 Å². The van der Waals surface area contributed by atoms with Gasteiger partial charge in [0.25, 0.3) is 0 Å². The molecule has 4 nitrogen and oxygen atoms in total. The molecule has 0 aliphatic rings. The van der Waals surface area contributed by atoms with E-state index in [1.807, 2.05) is 16.9 Å². The molecule has 1 N–H and O–H groups in total. The molecule has 4 heteroatoms. The summed E-state index contributed by atoms with van der Waals surface area (Å²) in [7, 11) is 0. The van der Waals surface area contributed by atoms with E-state index in [1.54, 1.807) is 6.08 Å². The first-order chi connectivity index (χ1) is 8.71. The predicted octanol–water partition coefficient (Wildman–Crippen LogP) is 2.13. The number of ketones is 1. The topological polar surface area (TPSA) is 46.9 Å². The fraction of sp³-hybridized carbons (Fsp3) is 0.571. The minimum atomic E-state index is 0.159. The Hall–Kier alpha value is -1.42. The highest BCUT2D eigenvalue weighted by Gasteiger charge is 2.10. The quantitative estimate of drug-likeness (QED) is 0.539. The molecule has 100 valence electrons. The van der Waals surface area contributed by atoms with Gasteiger partial charge in [0.2, 0.25) is 0 Å². The summed E-state index contributed by atoms with van der Waals surface area (Å²) in [5.74, 6) is 0.159. The molecule has 0 bridgehead atoms. The summed E-state index contributed by atoms with van der Waals surface area (Å²) < 4.78 is 1.97. The van der Waals surface area contributed by atoms with E-state index in [0.717, 1.165) is 18.5 Å². The van der Waals surface area contributed by atoms with Crippen LogP contribution >= 0.6 is 0 Å². The number of nitrogens with one attached hydrogen (secondary N) is 1. The summed E-state index contributed by atoms with van der Waals surface area (Å²) in [6.45, 7) is 8.94. The lowest BCUT2D eigenvalue weighted by atomic mass is 10.2. The molecule has 0 spiro atoms. The SMILES string of the molecule is C=CCNCC(=O)Cc1ccn(C(CC)CC)n1. The van der Waals surface area contributed by atoms with Crippen molar-refractivity contribution in [2.45, 2.75) is 39.2 Å². The first-order valence-electron chi connectivity index (χ1n) is 6.58. The molecule has 0 radical (unpaired) electrons. The summed E-state index contributed by atoms with van der Waals surface area (Å²) in [5, 5.41) is 7.47. The largest absolute Gasteiger partial charge is 0.307 e. The average molecular weight is 249 g/mol. The zero-order valence-electron chi connectivity index (χ0n) is 11.4. The van der Waals surface area contributed by atoms with E-state index in [9.17, 15) is 4.79 Å². The Morgan fingerprint density at radius 3 is 2.89 bits per heavy atom. The summed E-state index contributed by atoms with van der Waals surface area (Å²) in [4.78, 5) is 11.7. The average Bonchev–Trinajstić information content (AvgIpc) is 2.79. The van der Waals surface area contributed by atoms with Crippen LogP contribution in [0.25, 0.3) is 0 Å². The van der Waals surface area contributed by atoms with Gasteiger partial charge in [-0.25, -0.2) is 0 Å². The lowest BCUT2D eigenvalue weighted by Gasteiger charge is -2.12. The number of rotatable bonds is 9. The van der Waals surface area contributed by atoms with Gasteiger partial charge in [-0.05, 0) is 18.9 Å². The standard InChI is InChI=1S/C14H23N3O/c1-4-8-15-11-14(18)10-12-7-9-17(16-12)13(5-2)6-3/h4,7,9,13,15H,1,5-6,8,10-11H2,2-3H3. The monoisotopic (exact) mass is 249 g/mol. The second-order valence-corrected chi connectivity index (χ2v) is 4.39.